The number of hydrogen-bond acceptors (Lipinski definition) is 2. The lowest BCUT2D eigenvalue weighted by Crippen LogP contribution is -1.97. The van der Waals surface area contributed by atoms with Crippen molar-refractivity contribution >= 4 is 11.6 Å². The summed E-state index contributed by atoms with van der Waals surface area (Å²) in [5.41, 5.74) is 0.696. The summed E-state index contributed by atoms with van der Waals surface area (Å²) < 4.78 is 14.7. The average Bonchev–Trinajstić information content (AvgIpc) is 2.59. The van der Waals surface area contributed by atoms with Gasteiger partial charge < -0.3 is 4.57 Å². The second-order valence-corrected chi connectivity index (χ2v) is 3.41. The molecule has 1 aromatic carbocycles. The second-order valence-electron chi connectivity index (χ2n) is 3.14. The third kappa shape index (κ3) is 1.85. The highest BCUT2D eigenvalue weighted by Crippen LogP contribution is 2.18. The molecule has 78 valence electrons. The van der Waals surface area contributed by atoms with Crippen LogP contribution in [0.5, 0.6) is 0 Å². The zero-order valence-electron chi connectivity index (χ0n) is 8.11. The molecule has 3 nitrogen and oxygen atoms in total. The van der Waals surface area contributed by atoms with Crippen molar-refractivity contribution in [2.24, 2.45) is 7.05 Å². The molecule has 2 rings (SSSR count). The minimum Gasteiger partial charge on any atom is -0.313 e. The summed E-state index contributed by atoms with van der Waals surface area (Å²) in [6.45, 7) is 0. The fraction of sp³-hybridized carbons (Fsp3) is 0.200. The molecule has 0 fully saturated rings. The molecule has 0 unspecified atom stereocenters. The van der Waals surface area contributed by atoms with Gasteiger partial charge in [-0.25, -0.2) is 4.39 Å². The van der Waals surface area contributed by atoms with Crippen LogP contribution in [0.1, 0.15) is 5.82 Å². The van der Waals surface area contributed by atoms with Crippen molar-refractivity contribution in [2.45, 2.75) is 5.88 Å². The Kier molecular flexibility index (Phi) is 2.68. The maximum Gasteiger partial charge on any atom is 0.163 e. The van der Waals surface area contributed by atoms with E-state index in [4.69, 9.17) is 11.6 Å². The van der Waals surface area contributed by atoms with Gasteiger partial charge in [0.2, 0.25) is 0 Å². The molecular formula is C10H9ClFN3. The lowest BCUT2D eigenvalue weighted by molar-refractivity contribution is 0.628. The van der Waals surface area contributed by atoms with E-state index in [0.29, 0.717) is 23.1 Å². The fourth-order valence-corrected chi connectivity index (χ4v) is 1.59. The summed E-state index contributed by atoms with van der Waals surface area (Å²) in [4.78, 5) is 0. The summed E-state index contributed by atoms with van der Waals surface area (Å²) in [6.07, 6.45) is 0. The third-order valence-corrected chi connectivity index (χ3v) is 2.41. The number of nitrogens with zero attached hydrogens (tertiary/aromatic N) is 3. The molecule has 0 aliphatic heterocycles. The van der Waals surface area contributed by atoms with E-state index in [-0.39, 0.29) is 5.82 Å². The van der Waals surface area contributed by atoms with Crippen LogP contribution >= 0.6 is 11.6 Å². The highest BCUT2D eigenvalue weighted by atomic mass is 35.5. The molecule has 0 N–H and O–H groups in total. The quantitative estimate of drug-likeness (QED) is 0.735. The van der Waals surface area contributed by atoms with E-state index in [1.54, 1.807) is 23.7 Å². The van der Waals surface area contributed by atoms with E-state index in [1.807, 2.05) is 0 Å². The van der Waals surface area contributed by atoms with Gasteiger partial charge in [0.05, 0.1) is 5.88 Å². The molecule has 0 saturated carbocycles. The zero-order valence-corrected chi connectivity index (χ0v) is 8.87. The van der Waals surface area contributed by atoms with Crippen molar-refractivity contribution in [3.63, 3.8) is 0 Å². The first kappa shape index (κ1) is 10.1. The predicted octanol–water partition coefficient (Wildman–Crippen LogP) is 2.36. The molecular weight excluding hydrogens is 217 g/mol. The summed E-state index contributed by atoms with van der Waals surface area (Å²) in [5.74, 6) is 1.28. The first-order valence-corrected chi connectivity index (χ1v) is 4.96. The summed E-state index contributed by atoms with van der Waals surface area (Å²) in [7, 11) is 1.80. The highest BCUT2D eigenvalue weighted by molar-refractivity contribution is 6.16. The van der Waals surface area contributed by atoms with Crippen LogP contribution < -0.4 is 0 Å². The van der Waals surface area contributed by atoms with Crippen LogP contribution in [0.15, 0.2) is 24.3 Å². The number of alkyl halides is 1. The molecule has 0 radical (unpaired) electrons. The number of rotatable bonds is 2. The smallest absolute Gasteiger partial charge is 0.163 e. The molecule has 15 heavy (non-hydrogen) atoms. The molecule has 0 aliphatic carbocycles. The van der Waals surface area contributed by atoms with E-state index >= 15 is 0 Å². The minimum absolute atomic E-state index is 0.289. The van der Waals surface area contributed by atoms with Gasteiger partial charge in [-0.15, -0.1) is 21.8 Å². The lowest BCUT2D eigenvalue weighted by Gasteiger charge is -2.01. The Morgan fingerprint density at radius 2 is 2.20 bits per heavy atom. The molecule has 1 heterocycles. The van der Waals surface area contributed by atoms with Crippen LogP contribution in [-0.2, 0) is 12.9 Å². The fourth-order valence-electron chi connectivity index (χ4n) is 1.36. The third-order valence-electron chi connectivity index (χ3n) is 2.17. The van der Waals surface area contributed by atoms with Gasteiger partial charge in [0.15, 0.2) is 5.82 Å². The Morgan fingerprint density at radius 1 is 1.40 bits per heavy atom. The molecule has 0 bridgehead atoms. The molecule has 0 aliphatic rings. The standard InChI is InChI=1S/C10H9ClFN3/c1-15-9(6-11)13-14-10(15)7-3-2-4-8(12)5-7/h2-5H,6H2,1H3. The lowest BCUT2D eigenvalue weighted by atomic mass is 10.2. The topological polar surface area (TPSA) is 30.7 Å². The molecule has 2 aromatic rings. The van der Waals surface area contributed by atoms with Crippen LogP contribution in [0.2, 0.25) is 0 Å². The van der Waals surface area contributed by atoms with Gasteiger partial charge in [0, 0.05) is 12.6 Å². The number of halogens is 2. The minimum atomic E-state index is -0.289. The Bertz CT molecular complexity index is 481. The Hall–Kier alpha value is -1.42. The summed E-state index contributed by atoms with van der Waals surface area (Å²) >= 11 is 5.67. The average molecular weight is 226 g/mol. The largest absolute Gasteiger partial charge is 0.313 e. The normalized spacial score (nSPS) is 10.6. The molecule has 0 saturated heterocycles. The van der Waals surface area contributed by atoms with Gasteiger partial charge in [-0.1, -0.05) is 12.1 Å². The molecule has 0 amide bonds. The van der Waals surface area contributed by atoms with E-state index in [2.05, 4.69) is 10.2 Å². The van der Waals surface area contributed by atoms with Crippen molar-refractivity contribution in [1.29, 1.82) is 0 Å². The van der Waals surface area contributed by atoms with Gasteiger partial charge in [0.1, 0.15) is 11.6 Å². The first-order valence-electron chi connectivity index (χ1n) is 4.42. The van der Waals surface area contributed by atoms with Gasteiger partial charge in [0.25, 0.3) is 0 Å². The molecule has 5 heteroatoms. The van der Waals surface area contributed by atoms with Crippen molar-refractivity contribution in [3.8, 4) is 11.4 Å². The van der Waals surface area contributed by atoms with Crippen molar-refractivity contribution in [2.75, 3.05) is 0 Å². The van der Waals surface area contributed by atoms with E-state index < -0.39 is 0 Å². The maximum absolute atomic E-state index is 13.0. The van der Waals surface area contributed by atoms with Crippen LogP contribution in [0.4, 0.5) is 4.39 Å². The van der Waals surface area contributed by atoms with Crippen molar-refractivity contribution in [3.05, 3.63) is 35.9 Å². The highest BCUT2D eigenvalue weighted by Gasteiger charge is 2.09. The van der Waals surface area contributed by atoms with Crippen molar-refractivity contribution in [1.82, 2.24) is 14.8 Å². The van der Waals surface area contributed by atoms with Gasteiger partial charge in [-0.3, -0.25) is 0 Å². The van der Waals surface area contributed by atoms with E-state index in [0.717, 1.165) is 0 Å². The first-order chi connectivity index (χ1) is 7.22. The van der Waals surface area contributed by atoms with E-state index in [9.17, 15) is 4.39 Å². The number of hydrogen-bond donors (Lipinski definition) is 0. The van der Waals surface area contributed by atoms with Crippen LogP contribution in [0, 0.1) is 5.82 Å². The molecule has 1 aromatic heterocycles. The molecule has 0 atom stereocenters. The Labute approximate surface area is 91.5 Å². The number of benzene rings is 1. The maximum atomic E-state index is 13.0. The van der Waals surface area contributed by atoms with Crippen LogP contribution in [-0.4, -0.2) is 14.8 Å². The van der Waals surface area contributed by atoms with E-state index in [1.165, 1.54) is 12.1 Å². The van der Waals surface area contributed by atoms with Crippen LogP contribution in [0.25, 0.3) is 11.4 Å². The predicted molar refractivity (Wildman–Crippen MR) is 56.0 cm³/mol. The van der Waals surface area contributed by atoms with Gasteiger partial charge >= 0.3 is 0 Å². The van der Waals surface area contributed by atoms with Crippen LogP contribution in [0.3, 0.4) is 0 Å². The number of aromatic nitrogens is 3. The van der Waals surface area contributed by atoms with Gasteiger partial charge in [-0.05, 0) is 12.1 Å². The zero-order chi connectivity index (χ0) is 10.8. The molecule has 0 spiro atoms. The Morgan fingerprint density at radius 3 is 2.80 bits per heavy atom. The summed E-state index contributed by atoms with van der Waals surface area (Å²) in [5, 5.41) is 7.86. The van der Waals surface area contributed by atoms with Gasteiger partial charge in [-0.2, -0.15) is 0 Å². The second kappa shape index (κ2) is 3.98. The monoisotopic (exact) mass is 225 g/mol. The Balaban J connectivity index is 2.49. The van der Waals surface area contributed by atoms with Crippen molar-refractivity contribution < 1.29 is 4.39 Å². The SMILES string of the molecule is Cn1c(CCl)nnc1-c1cccc(F)c1. The summed E-state index contributed by atoms with van der Waals surface area (Å²) in [6, 6.07) is 6.23.